The van der Waals surface area contributed by atoms with Gasteiger partial charge in [-0.05, 0) is 31.4 Å². The Morgan fingerprint density at radius 1 is 0.698 bits per heavy atom. The van der Waals surface area contributed by atoms with Gasteiger partial charge >= 0.3 is 0 Å². The topological polar surface area (TPSA) is 186 Å². The van der Waals surface area contributed by atoms with Gasteiger partial charge in [0.1, 0.15) is 17.4 Å². The lowest BCUT2D eigenvalue weighted by molar-refractivity contribution is -0.131. The number of para-hydroxylation sites is 1. The van der Waals surface area contributed by atoms with E-state index in [4.69, 9.17) is 18.9 Å². The summed E-state index contributed by atoms with van der Waals surface area (Å²) in [6.45, 7) is 10.9. The summed E-state index contributed by atoms with van der Waals surface area (Å²) < 4.78 is 22.0. The number of amides is 4. The summed E-state index contributed by atoms with van der Waals surface area (Å²) in [4.78, 5) is 52.3. The van der Waals surface area contributed by atoms with Crippen LogP contribution < -0.4 is 20.9 Å². The Morgan fingerprint density at radius 2 is 1.28 bits per heavy atom. The predicted molar refractivity (Wildman–Crippen MR) is 199 cm³/mol. The van der Waals surface area contributed by atoms with Gasteiger partial charge in [-0.1, -0.05) is 56.3 Å². The van der Waals surface area contributed by atoms with Crippen molar-refractivity contribution < 1.29 is 38.1 Å². The SMILES string of the molecule is CC(C)NC(=O)C(NC(=O)CCOCCOCCOCCOCCNC(=O)CCC(=O)N1Cc2ccccc2-c2n[nH]nc2-c2ccccc21)C(C)C. The maximum Gasteiger partial charge on any atom is 0.243 e. The third kappa shape index (κ3) is 13.0. The Bertz CT molecular complexity index is 1630. The molecule has 1 unspecified atom stereocenters. The summed E-state index contributed by atoms with van der Waals surface area (Å²) in [6.07, 6.45) is 0.253. The Labute approximate surface area is 310 Å². The van der Waals surface area contributed by atoms with Crippen LogP contribution in [0.4, 0.5) is 5.69 Å². The lowest BCUT2D eigenvalue weighted by atomic mass is 9.95. The Morgan fingerprint density at radius 3 is 1.94 bits per heavy atom. The Kier molecular flexibility index (Phi) is 16.8. The van der Waals surface area contributed by atoms with Crippen LogP contribution in [0.1, 0.15) is 52.5 Å². The van der Waals surface area contributed by atoms with E-state index in [0.29, 0.717) is 65.0 Å². The van der Waals surface area contributed by atoms with Crippen LogP contribution in [0.25, 0.3) is 22.5 Å². The number of nitrogens with zero attached hydrogens (tertiary/aromatic N) is 3. The summed E-state index contributed by atoms with van der Waals surface area (Å²) in [6, 6.07) is 14.8. The third-order valence-corrected chi connectivity index (χ3v) is 8.32. The molecule has 4 amide bonds. The molecule has 288 valence electrons. The first-order chi connectivity index (χ1) is 25.7. The first-order valence-corrected chi connectivity index (χ1v) is 18.2. The van der Waals surface area contributed by atoms with Crippen LogP contribution in [0.5, 0.6) is 0 Å². The summed E-state index contributed by atoms with van der Waals surface area (Å²) in [5.74, 6) is -0.850. The summed E-state index contributed by atoms with van der Waals surface area (Å²) in [5.41, 5.74) is 4.77. The van der Waals surface area contributed by atoms with Crippen LogP contribution in [-0.2, 0) is 44.7 Å². The van der Waals surface area contributed by atoms with Crippen molar-refractivity contribution in [1.82, 2.24) is 31.4 Å². The number of fused-ring (bicyclic) bond motifs is 5. The van der Waals surface area contributed by atoms with Gasteiger partial charge < -0.3 is 39.8 Å². The lowest BCUT2D eigenvalue weighted by Gasteiger charge is -2.28. The zero-order valence-corrected chi connectivity index (χ0v) is 31.2. The molecule has 0 saturated carbocycles. The van der Waals surface area contributed by atoms with Crippen molar-refractivity contribution >= 4 is 29.3 Å². The van der Waals surface area contributed by atoms with Gasteiger partial charge in [0.15, 0.2) is 0 Å². The fourth-order valence-electron chi connectivity index (χ4n) is 5.67. The first-order valence-electron chi connectivity index (χ1n) is 18.2. The highest BCUT2D eigenvalue weighted by Crippen LogP contribution is 2.39. The molecule has 15 nitrogen and oxygen atoms in total. The van der Waals surface area contributed by atoms with Crippen LogP contribution in [-0.4, -0.2) is 111 Å². The molecule has 1 aromatic heterocycles. The second-order valence-electron chi connectivity index (χ2n) is 13.2. The molecule has 0 aliphatic carbocycles. The highest BCUT2D eigenvalue weighted by molar-refractivity contribution is 6.01. The number of carbonyl (C=O) groups excluding carboxylic acids is 4. The quantitative estimate of drug-likeness (QED) is 0.112. The van der Waals surface area contributed by atoms with Crippen molar-refractivity contribution in [2.45, 2.75) is 65.6 Å². The second kappa shape index (κ2) is 21.7. The largest absolute Gasteiger partial charge is 0.379 e. The van der Waals surface area contributed by atoms with E-state index in [-0.39, 0.29) is 61.5 Å². The molecule has 4 N–H and O–H groups in total. The van der Waals surface area contributed by atoms with Crippen molar-refractivity contribution in [3.05, 3.63) is 54.1 Å². The van der Waals surface area contributed by atoms with Gasteiger partial charge in [0, 0.05) is 43.0 Å². The lowest BCUT2D eigenvalue weighted by Crippen LogP contribution is -2.51. The van der Waals surface area contributed by atoms with Gasteiger partial charge in [0.25, 0.3) is 0 Å². The van der Waals surface area contributed by atoms with Crippen LogP contribution in [0.3, 0.4) is 0 Å². The van der Waals surface area contributed by atoms with E-state index in [1.807, 2.05) is 76.2 Å². The predicted octanol–water partition coefficient (Wildman–Crippen LogP) is 3.00. The van der Waals surface area contributed by atoms with E-state index in [9.17, 15) is 19.2 Å². The number of H-pyrrole nitrogens is 1. The summed E-state index contributed by atoms with van der Waals surface area (Å²) in [5, 5.41) is 19.9. The van der Waals surface area contributed by atoms with Crippen molar-refractivity contribution in [3.63, 3.8) is 0 Å². The molecular formula is C38H53N7O8. The average molecular weight is 736 g/mol. The van der Waals surface area contributed by atoms with Gasteiger partial charge in [0.2, 0.25) is 23.6 Å². The minimum absolute atomic E-state index is 0.000781. The Hall–Kier alpha value is -4.70. The van der Waals surface area contributed by atoms with Gasteiger partial charge in [-0.25, -0.2) is 0 Å². The zero-order valence-electron chi connectivity index (χ0n) is 31.2. The molecule has 1 aliphatic rings. The number of aromatic amines is 1. The van der Waals surface area contributed by atoms with Gasteiger partial charge in [0.05, 0.1) is 65.1 Å². The van der Waals surface area contributed by atoms with Crippen LogP contribution in [0.15, 0.2) is 48.5 Å². The third-order valence-electron chi connectivity index (χ3n) is 8.32. The minimum atomic E-state index is -0.583. The average Bonchev–Trinajstić information content (AvgIpc) is 3.62. The molecule has 1 aliphatic heterocycles. The maximum absolute atomic E-state index is 13.5. The number of rotatable bonds is 22. The number of hydrogen-bond acceptors (Lipinski definition) is 10. The molecule has 1 atom stereocenters. The molecule has 15 heteroatoms. The molecule has 2 aromatic carbocycles. The molecule has 53 heavy (non-hydrogen) atoms. The van der Waals surface area contributed by atoms with E-state index in [0.717, 1.165) is 28.1 Å². The van der Waals surface area contributed by atoms with Gasteiger partial charge in [-0.2, -0.15) is 15.4 Å². The van der Waals surface area contributed by atoms with Crippen molar-refractivity contribution in [3.8, 4) is 22.5 Å². The van der Waals surface area contributed by atoms with Crippen LogP contribution in [0, 0.1) is 5.92 Å². The van der Waals surface area contributed by atoms with Gasteiger partial charge in [-0.3, -0.25) is 19.2 Å². The monoisotopic (exact) mass is 735 g/mol. The normalized spacial score (nSPS) is 12.7. The van der Waals surface area contributed by atoms with Crippen molar-refractivity contribution in [1.29, 1.82) is 0 Å². The van der Waals surface area contributed by atoms with Crippen molar-refractivity contribution in [2.75, 3.05) is 64.3 Å². The molecule has 0 bridgehead atoms. The number of benzene rings is 2. The minimum Gasteiger partial charge on any atom is -0.379 e. The van der Waals surface area contributed by atoms with Crippen LogP contribution >= 0.6 is 0 Å². The van der Waals surface area contributed by atoms with E-state index < -0.39 is 6.04 Å². The molecule has 3 aromatic rings. The second-order valence-corrected chi connectivity index (χ2v) is 13.2. The number of ether oxygens (including phenoxy) is 4. The number of hydrogen-bond donors (Lipinski definition) is 4. The fraction of sp³-hybridized carbons (Fsp3) is 0.526. The molecular weight excluding hydrogens is 682 g/mol. The fourth-order valence-corrected chi connectivity index (χ4v) is 5.67. The zero-order chi connectivity index (χ0) is 38.0. The van der Waals surface area contributed by atoms with Crippen LogP contribution in [0.2, 0.25) is 0 Å². The van der Waals surface area contributed by atoms with E-state index in [1.54, 1.807) is 4.90 Å². The molecule has 2 heterocycles. The van der Waals surface area contributed by atoms with Gasteiger partial charge in [-0.15, -0.1) is 0 Å². The number of aromatic nitrogens is 3. The molecule has 4 rings (SSSR count). The summed E-state index contributed by atoms with van der Waals surface area (Å²) >= 11 is 0. The number of anilines is 1. The van der Waals surface area contributed by atoms with E-state index in [2.05, 4.69) is 31.4 Å². The molecule has 0 fully saturated rings. The molecule has 0 saturated heterocycles. The highest BCUT2D eigenvalue weighted by Gasteiger charge is 2.28. The Balaban J connectivity index is 1.01. The number of nitrogens with one attached hydrogen (secondary N) is 4. The van der Waals surface area contributed by atoms with E-state index >= 15 is 0 Å². The molecule has 0 radical (unpaired) electrons. The first kappa shape index (κ1) is 41.1. The van der Waals surface area contributed by atoms with E-state index in [1.165, 1.54) is 0 Å². The molecule has 0 spiro atoms. The smallest absolute Gasteiger partial charge is 0.243 e. The summed E-state index contributed by atoms with van der Waals surface area (Å²) in [7, 11) is 0. The standard InChI is InChI=1S/C38H53N7O8/c1-26(2)35(38(49)40-27(3)4)41-33(47)15-17-50-19-21-52-23-24-53-22-20-51-18-16-39-32(46)13-14-34(48)45-25-28-9-5-6-10-29(28)36-37(43-44-42-36)30-11-7-8-12-31(30)45/h5-12,26-27,35H,13-25H2,1-4H3,(H,39,46)(H,40,49)(H,41,47)(H,42,43,44). The van der Waals surface area contributed by atoms with Crippen molar-refractivity contribution in [2.24, 2.45) is 5.92 Å². The number of carbonyl (C=O) groups is 4. The maximum atomic E-state index is 13.5. The highest BCUT2D eigenvalue weighted by atomic mass is 16.6.